The summed E-state index contributed by atoms with van der Waals surface area (Å²) in [6.45, 7) is 2.98. The summed E-state index contributed by atoms with van der Waals surface area (Å²) in [7, 11) is 1.63. The highest BCUT2D eigenvalue weighted by Gasteiger charge is 2.19. The number of anilines is 2. The van der Waals surface area contributed by atoms with Gasteiger partial charge < -0.3 is 15.4 Å². The van der Waals surface area contributed by atoms with E-state index < -0.39 is 5.25 Å². The Morgan fingerprint density at radius 2 is 2.00 bits per heavy atom. The number of halogens is 3. The van der Waals surface area contributed by atoms with Gasteiger partial charge in [0, 0.05) is 13.7 Å². The van der Waals surface area contributed by atoms with Gasteiger partial charge in [-0.3, -0.25) is 4.79 Å². The fraction of sp³-hybridized carbons (Fsp3) is 0.357. The van der Waals surface area contributed by atoms with Gasteiger partial charge >= 0.3 is 0 Å². The van der Waals surface area contributed by atoms with Crippen molar-refractivity contribution in [3.8, 4) is 0 Å². The van der Waals surface area contributed by atoms with Gasteiger partial charge in [0.05, 0.1) is 32.6 Å². The maximum absolute atomic E-state index is 12.3. The lowest BCUT2D eigenvalue weighted by molar-refractivity contribution is -0.115. The standard InChI is InChI=1S/C14H15Cl3N4O2S2/c1-7(24-14-21-20-13(25-14)18-3-4-23-2)12(22)19-11-6-9(16)8(15)5-10(11)17/h5-7H,3-4H2,1-2H3,(H,18,20)(H,19,22)/t7-/m1/s1. The van der Waals surface area contributed by atoms with Gasteiger partial charge in [0.15, 0.2) is 4.34 Å². The van der Waals surface area contributed by atoms with Crippen molar-refractivity contribution in [1.29, 1.82) is 0 Å². The fourth-order valence-electron chi connectivity index (χ4n) is 1.65. The average Bonchev–Trinajstić information content (AvgIpc) is 3.00. The maximum Gasteiger partial charge on any atom is 0.237 e. The third kappa shape index (κ3) is 6.16. The number of aromatic nitrogens is 2. The first-order valence-corrected chi connectivity index (χ1v) is 9.92. The number of benzene rings is 1. The lowest BCUT2D eigenvalue weighted by Gasteiger charge is -2.12. The Hall–Kier alpha value is -0.770. The highest BCUT2D eigenvalue weighted by Crippen LogP contribution is 2.33. The Labute approximate surface area is 168 Å². The number of amides is 1. The molecule has 0 unspecified atom stereocenters. The second-order valence-corrected chi connectivity index (χ2v) is 8.58. The molecule has 25 heavy (non-hydrogen) atoms. The normalized spacial score (nSPS) is 12.0. The van der Waals surface area contributed by atoms with Gasteiger partial charge in [-0.05, 0) is 19.1 Å². The number of methoxy groups -OCH3 is 1. The number of thioether (sulfide) groups is 1. The van der Waals surface area contributed by atoms with Crippen LogP contribution in [0.1, 0.15) is 6.92 Å². The molecule has 1 atom stereocenters. The fourth-order valence-corrected chi connectivity index (χ4v) is 4.16. The van der Waals surface area contributed by atoms with Crippen molar-refractivity contribution >= 4 is 74.6 Å². The zero-order chi connectivity index (χ0) is 18.4. The summed E-state index contributed by atoms with van der Waals surface area (Å²) in [4.78, 5) is 12.3. The number of hydrogen-bond acceptors (Lipinski definition) is 7. The molecule has 2 aromatic rings. The minimum Gasteiger partial charge on any atom is -0.383 e. The summed E-state index contributed by atoms with van der Waals surface area (Å²) >= 11 is 20.6. The van der Waals surface area contributed by atoms with E-state index in [9.17, 15) is 4.79 Å². The first-order chi connectivity index (χ1) is 11.9. The summed E-state index contributed by atoms with van der Waals surface area (Å²) in [6.07, 6.45) is 0. The minimum atomic E-state index is -0.398. The summed E-state index contributed by atoms with van der Waals surface area (Å²) in [5.74, 6) is -0.227. The summed E-state index contributed by atoms with van der Waals surface area (Å²) in [5.41, 5.74) is 0.410. The number of ether oxygens (including phenoxy) is 1. The molecule has 0 aliphatic heterocycles. The Morgan fingerprint density at radius 3 is 2.72 bits per heavy atom. The van der Waals surface area contributed by atoms with Crippen molar-refractivity contribution in [1.82, 2.24) is 10.2 Å². The molecular weight excluding hydrogens is 427 g/mol. The van der Waals surface area contributed by atoms with Gasteiger partial charge in [0.1, 0.15) is 0 Å². The third-order valence-electron chi connectivity index (χ3n) is 2.90. The maximum atomic E-state index is 12.3. The van der Waals surface area contributed by atoms with Crippen LogP contribution in [0, 0.1) is 0 Å². The van der Waals surface area contributed by atoms with Crippen molar-refractivity contribution in [2.75, 3.05) is 30.9 Å². The van der Waals surface area contributed by atoms with Crippen LogP contribution in [0.15, 0.2) is 16.5 Å². The van der Waals surface area contributed by atoms with Crippen LogP contribution in [0.5, 0.6) is 0 Å². The topological polar surface area (TPSA) is 76.1 Å². The predicted octanol–water partition coefficient (Wildman–Crippen LogP) is 4.68. The van der Waals surface area contributed by atoms with Crippen LogP contribution in [0.25, 0.3) is 0 Å². The van der Waals surface area contributed by atoms with E-state index in [1.165, 1.54) is 35.2 Å². The molecule has 0 saturated heterocycles. The second kappa shape index (κ2) is 9.80. The van der Waals surface area contributed by atoms with E-state index in [1.54, 1.807) is 14.0 Å². The van der Waals surface area contributed by atoms with Crippen LogP contribution in [-0.2, 0) is 9.53 Å². The molecule has 2 rings (SSSR count). The summed E-state index contributed by atoms with van der Waals surface area (Å²) in [5, 5.41) is 15.1. The van der Waals surface area contributed by atoms with Gasteiger partial charge in [-0.15, -0.1) is 10.2 Å². The monoisotopic (exact) mass is 440 g/mol. The Morgan fingerprint density at radius 1 is 1.28 bits per heavy atom. The molecule has 11 heteroatoms. The first-order valence-electron chi connectivity index (χ1n) is 7.09. The quantitative estimate of drug-likeness (QED) is 0.352. The van der Waals surface area contributed by atoms with Crippen LogP contribution in [-0.4, -0.2) is 41.6 Å². The number of carbonyl (C=O) groups excluding carboxylic acids is 1. The number of hydrogen-bond donors (Lipinski definition) is 2. The smallest absolute Gasteiger partial charge is 0.237 e. The molecule has 6 nitrogen and oxygen atoms in total. The summed E-state index contributed by atoms with van der Waals surface area (Å²) < 4.78 is 5.64. The number of rotatable bonds is 8. The molecule has 1 aromatic carbocycles. The highest BCUT2D eigenvalue weighted by atomic mass is 35.5. The zero-order valence-corrected chi connectivity index (χ0v) is 17.2. The predicted molar refractivity (Wildman–Crippen MR) is 106 cm³/mol. The van der Waals surface area contributed by atoms with Crippen LogP contribution >= 0.6 is 57.9 Å². The SMILES string of the molecule is COCCNc1nnc(S[C@H](C)C(=O)Nc2cc(Cl)c(Cl)cc2Cl)s1. The summed E-state index contributed by atoms with van der Waals surface area (Å²) in [6, 6.07) is 3.01. The lowest BCUT2D eigenvalue weighted by Crippen LogP contribution is -2.22. The van der Waals surface area contributed by atoms with Crippen LogP contribution in [0.2, 0.25) is 15.1 Å². The van der Waals surface area contributed by atoms with Crippen molar-refractivity contribution in [2.45, 2.75) is 16.5 Å². The number of nitrogens with zero attached hydrogens (tertiary/aromatic N) is 2. The van der Waals surface area contributed by atoms with E-state index in [2.05, 4.69) is 20.8 Å². The average molecular weight is 442 g/mol. The molecule has 1 aromatic heterocycles. The minimum absolute atomic E-state index is 0.227. The number of carbonyl (C=O) groups is 1. The van der Waals surface area contributed by atoms with Gasteiger partial charge in [-0.25, -0.2) is 0 Å². The zero-order valence-electron chi connectivity index (χ0n) is 13.3. The molecule has 0 aliphatic rings. The molecule has 136 valence electrons. The van der Waals surface area contributed by atoms with Crippen LogP contribution in [0.3, 0.4) is 0 Å². The molecule has 0 radical (unpaired) electrons. The second-order valence-electron chi connectivity index (χ2n) is 4.79. The van der Waals surface area contributed by atoms with Crippen molar-refractivity contribution in [2.24, 2.45) is 0 Å². The van der Waals surface area contributed by atoms with Crippen molar-refractivity contribution in [3.05, 3.63) is 27.2 Å². The largest absolute Gasteiger partial charge is 0.383 e. The highest BCUT2D eigenvalue weighted by molar-refractivity contribution is 8.02. The Bertz CT molecular complexity index is 745. The Kier molecular flexibility index (Phi) is 8.05. The van der Waals surface area contributed by atoms with Gasteiger partial charge in [0.2, 0.25) is 11.0 Å². The van der Waals surface area contributed by atoms with E-state index in [4.69, 9.17) is 39.5 Å². The van der Waals surface area contributed by atoms with Crippen LogP contribution in [0.4, 0.5) is 10.8 Å². The van der Waals surface area contributed by atoms with Crippen molar-refractivity contribution < 1.29 is 9.53 Å². The molecule has 2 N–H and O–H groups in total. The number of nitrogens with one attached hydrogen (secondary N) is 2. The molecule has 0 fully saturated rings. The molecule has 1 amide bonds. The first kappa shape index (κ1) is 20.5. The molecular formula is C14H15Cl3N4O2S2. The molecule has 1 heterocycles. The van der Waals surface area contributed by atoms with E-state index in [0.717, 1.165) is 0 Å². The Balaban J connectivity index is 1.93. The van der Waals surface area contributed by atoms with E-state index in [1.807, 2.05) is 0 Å². The van der Waals surface area contributed by atoms with Gasteiger partial charge in [-0.2, -0.15) is 0 Å². The van der Waals surface area contributed by atoms with Crippen LogP contribution < -0.4 is 10.6 Å². The lowest BCUT2D eigenvalue weighted by atomic mass is 10.3. The van der Waals surface area contributed by atoms with E-state index >= 15 is 0 Å². The van der Waals surface area contributed by atoms with E-state index in [0.29, 0.717) is 43.4 Å². The molecule has 0 spiro atoms. The van der Waals surface area contributed by atoms with Gasteiger partial charge in [-0.1, -0.05) is 57.9 Å². The van der Waals surface area contributed by atoms with Crippen molar-refractivity contribution in [3.63, 3.8) is 0 Å². The van der Waals surface area contributed by atoms with Gasteiger partial charge in [0.25, 0.3) is 0 Å². The molecule has 0 bridgehead atoms. The molecule has 0 saturated carbocycles. The van der Waals surface area contributed by atoms with E-state index in [-0.39, 0.29) is 5.91 Å². The molecule has 0 aliphatic carbocycles. The third-order valence-corrected chi connectivity index (χ3v) is 6.00.